The van der Waals surface area contributed by atoms with Crippen LogP contribution in [0.2, 0.25) is 0 Å². The van der Waals surface area contributed by atoms with Gasteiger partial charge in [0.25, 0.3) is 0 Å². The number of hydrogen-bond acceptors (Lipinski definition) is 8. The van der Waals surface area contributed by atoms with E-state index in [1.165, 1.54) is 366 Å². The molecule has 0 aliphatic rings. The Balaban J connectivity index is 3.96. The van der Waals surface area contributed by atoms with Crippen LogP contribution in [0, 0.1) is 0 Å². The molecule has 2 unspecified atom stereocenters. The molecule has 0 saturated carbocycles. The van der Waals surface area contributed by atoms with Gasteiger partial charge in [0.15, 0.2) is 12.4 Å². The first-order valence-electron chi connectivity index (χ1n) is 40.3. The molecular weight excluding hydrogens is 1110 g/mol. The lowest BCUT2D eigenvalue weighted by molar-refractivity contribution is -0.870. The summed E-state index contributed by atoms with van der Waals surface area (Å²) in [5, 5.41) is 11.9. The van der Waals surface area contributed by atoms with E-state index in [0.29, 0.717) is 17.4 Å². The van der Waals surface area contributed by atoms with Gasteiger partial charge >= 0.3 is 11.9 Å². The van der Waals surface area contributed by atoms with Gasteiger partial charge in [0, 0.05) is 12.8 Å². The average Bonchev–Trinajstić information content (AvgIpc) is 3.72. The van der Waals surface area contributed by atoms with Crippen molar-refractivity contribution in [1.82, 2.24) is 0 Å². The maximum absolute atomic E-state index is 13.0. The number of carboxylic acid groups (broad SMARTS) is 1. The summed E-state index contributed by atoms with van der Waals surface area (Å²) in [6, 6.07) is 0. The third-order valence-corrected chi connectivity index (χ3v) is 18.8. The molecule has 9 heteroatoms. The van der Waals surface area contributed by atoms with Crippen LogP contribution in [-0.2, 0) is 33.3 Å². The molecule has 0 aromatic heterocycles. The molecule has 90 heavy (non-hydrogen) atoms. The average molecular weight is 1270 g/mol. The predicted octanol–water partition coefficient (Wildman–Crippen LogP) is 24.2. The van der Waals surface area contributed by atoms with Gasteiger partial charge in [-0.15, -0.1) is 0 Å². The molecule has 0 rings (SSSR count). The van der Waals surface area contributed by atoms with Crippen LogP contribution in [0.1, 0.15) is 431 Å². The smallest absolute Gasteiger partial charge is 0.306 e. The molecular formula is C81H157NO8. The number of unbranched alkanes of at least 4 members (excludes halogenated alkanes) is 60. The van der Waals surface area contributed by atoms with E-state index >= 15 is 0 Å². The van der Waals surface area contributed by atoms with E-state index in [9.17, 15) is 19.5 Å². The SMILES string of the molecule is CCCCCCCCCC/C=C\CCCCCCCCCCCCCCCCCCCCCCCC(=O)OC(COC(=O)CCCCCCCCCCCCCCCCCCCCCCCCCCCCCCCCCC)COC(OCC[N+](C)(C)C)C(=O)[O-]. The summed E-state index contributed by atoms with van der Waals surface area (Å²) in [6.07, 6.45) is 87.8. The van der Waals surface area contributed by atoms with Crippen molar-refractivity contribution in [2.24, 2.45) is 0 Å². The Morgan fingerprint density at radius 3 is 0.822 bits per heavy atom. The third-order valence-electron chi connectivity index (χ3n) is 18.8. The number of esters is 2. The van der Waals surface area contributed by atoms with E-state index in [2.05, 4.69) is 26.0 Å². The topological polar surface area (TPSA) is 111 Å². The summed E-state index contributed by atoms with van der Waals surface area (Å²) >= 11 is 0. The standard InChI is InChI=1S/C81H157NO8/c1-6-8-10-12-14-16-18-20-22-24-26-28-30-32-34-36-38-40-42-44-46-48-50-52-54-56-58-60-62-64-66-68-70-72-79(84)90-77(76-89-81(80(85)86)87-74-73-82(3,4)5)75-88-78(83)71-69-67-65-63-61-59-57-55-53-51-49-47-45-43-41-39-37-35-33-31-29-27-25-23-21-19-17-15-13-11-9-7-2/h24,26,77,81H,6-23,25,27-76H2,1-5H3/b26-24-. The molecule has 0 saturated heterocycles. The summed E-state index contributed by atoms with van der Waals surface area (Å²) in [4.78, 5) is 37.6. The fourth-order valence-electron chi connectivity index (χ4n) is 12.6. The summed E-state index contributed by atoms with van der Waals surface area (Å²) in [6.45, 7) is 4.85. The van der Waals surface area contributed by atoms with Gasteiger partial charge in [-0.1, -0.05) is 392 Å². The highest BCUT2D eigenvalue weighted by atomic mass is 16.7. The lowest BCUT2D eigenvalue weighted by atomic mass is 10.0. The van der Waals surface area contributed by atoms with Crippen molar-refractivity contribution in [3.8, 4) is 0 Å². The Hall–Kier alpha value is -1.97. The molecule has 0 heterocycles. The highest BCUT2D eigenvalue weighted by molar-refractivity contribution is 5.70. The van der Waals surface area contributed by atoms with E-state index in [1.807, 2.05) is 21.1 Å². The van der Waals surface area contributed by atoms with Crippen LogP contribution >= 0.6 is 0 Å². The second-order valence-corrected chi connectivity index (χ2v) is 29.1. The number of carbonyl (C=O) groups is 3. The number of nitrogens with zero attached hydrogens (tertiary/aromatic N) is 1. The number of carboxylic acids is 1. The molecule has 0 fully saturated rings. The molecule has 0 radical (unpaired) electrons. The minimum Gasteiger partial charge on any atom is -0.545 e. The largest absolute Gasteiger partial charge is 0.545 e. The second-order valence-electron chi connectivity index (χ2n) is 29.1. The van der Waals surface area contributed by atoms with Gasteiger partial charge in [-0.25, -0.2) is 0 Å². The number of allylic oxidation sites excluding steroid dienone is 2. The summed E-state index contributed by atoms with van der Waals surface area (Å²) < 4.78 is 22.9. The molecule has 0 spiro atoms. The number of rotatable bonds is 77. The van der Waals surface area contributed by atoms with Crippen molar-refractivity contribution in [3.05, 3.63) is 12.2 Å². The first-order valence-corrected chi connectivity index (χ1v) is 40.3. The molecule has 2 atom stereocenters. The van der Waals surface area contributed by atoms with Crippen LogP contribution in [0.3, 0.4) is 0 Å². The fourth-order valence-corrected chi connectivity index (χ4v) is 12.6. The van der Waals surface area contributed by atoms with Crippen molar-refractivity contribution < 1.29 is 42.9 Å². The van der Waals surface area contributed by atoms with Gasteiger partial charge in [-0.05, 0) is 38.5 Å². The molecule has 0 N–H and O–H groups in total. The zero-order valence-corrected chi connectivity index (χ0v) is 61.3. The number of ether oxygens (including phenoxy) is 4. The van der Waals surface area contributed by atoms with Crippen LogP contribution in [0.5, 0.6) is 0 Å². The van der Waals surface area contributed by atoms with Crippen LogP contribution < -0.4 is 5.11 Å². The highest BCUT2D eigenvalue weighted by Gasteiger charge is 2.22. The molecule has 0 aromatic carbocycles. The lowest BCUT2D eigenvalue weighted by Crippen LogP contribution is -2.44. The van der Waals surface area contributed by atoms with E-state index in [4.69, 9.17) is 18.9 Å². The van der Waals surface area contributed by atoms with Gasteiger partial charge in [0.1, 0.15) is 13.2 Å². The van der Waals surface area contributed by atoms with Gasteiger partial charge in [-0.3, -0.25) is 9.59 Å². The van der Waals surface area contributed by atoms with Gasteiger partial charge in [0.2, 0.25) is 0 Å². The van der Waals surface area contributed by atoms with Crippen molar-refractivity contribution in [1.29, 1.82) is 0 Å². The molecule has 0 aliphatic heterocycles. The number of aliphatic carboxylic acids is 1. The summed E-state index contributed by atoms with van der Waals surface area (Å²) in [7, 11) is 5.96. The lowest BCUT2D eigenvalue weighted by Gasteiger charge is -2.26. The van der Waals surface area contributed by atoms with Crippen LogP contribution in [0.15, 0.2) is 12.2 Å². The molecule has 9 nitrogen and oxygen atoms in total. The van der Waals surface area contributed by atoms with Gasteiger partial charge in [0.05, 0.1) is 40.3 Å². The number of quaternary nitrogens is 1. The van der Waals surface area contributed by atoms with Gasteiger partial charge < -0.3 is 33.3 Å². The zero-order valence-electron chi connectivity index (χ0n) is 61.3. The normalized spacial score (nSPS) is 12.6. The number of carbonyl (C=O) groups excluding carboxylic acids is 3. The first-order chi connectivity index (χ1) is 44.1. The fraction of sp³-hybridized carbons (Fsp3) is 0.938. The highest BCUT2D eigenvalue weighted by Crippen LogP contribution is 2.20. The Morgan fingerprint density at radius 2 is 0.567 bits per heavy atom. The maximum atomic E-state index is 13.0. The van der Waals surface area contributed by atoms with E-state index < -0.39 is 24.3 Å². The molecule has 0 amide bonds. The number of hydrogen-bond donors (Lipinski definition) is 0. The molecule has 0 bridgehead atoms. The molecule has 0 aliphatic carbocycles. The molecule has 0 aromatic rings. The van der Waals surface area contributed by atoms with E-state index in [1.54, 1.807) is 0 Å². The zero-order chi connectivity index (χ0) is 65.4. The quantitative estimate of drug-likeness (QED) is 0.0195. The minimum absolute atomic E-state index is 0.153. The van der Waals surface area contributed by atoms with Crippen molar-refractivity contribution in [2.45, 2.75) is 444 Å². The third kappa shape index (κ3) is 73.4. The molecule has 534 valence electrons. The summed E-state index contributed by atoms with van der Waals surface area (Å²) in [5.41, 5.74) is 0. The van der Waals surface area contributed by atoms with Crippen molar-refractivity contribution in [2.75, 3.05) is 47.5 Å². The predicted molar refractivity (Wildman–Crippen MR) is 385 cm³/mol. The first kappa shape index (κ1) is 88.0. The van der Waals surface area contributed by atoms with E-state index in [0.717, 1.165) is 38.5 Å². The minimum atomic E-state index is -1.62. The Bertz CT molecular complexity index is 1480. The Kier molecular flexibility index (Phi) is 71.3. The number of likely N-dealkylation sites (N-methyl/N-ethyl adjacent to an activating group) is 1. The van der Waals surface area contributed by atoms with Gasteiger partial charge in [-0.2, -0.15) is 0 Å². The maximum Gasteiger partial charge on any atom is 0.306 e. The van der Waals surface area contributed by atoms with Crippen molar-refractivity contribution >= 4 is 17.9 Å². The second kappa shape index (κ2) is 72.9. The monoisotopic (exact) mass is 1270 g/mol. The van der Waals surface area contributed by atoms with Crippen LogP contribution in [-0.4, -0.2) is 82.3 Å². The Morgan fingerprint density at radius 1 is 0.322 bits per heavy atom. The Labute approximate surface area is 561 Å². The van der Waals surface area contributed by atoms with Crippen LogP contribution in [0.4, 0.5) is 0 Å². The summed E-state index contributed by atoms with van der Waals surface area (Å²) in [5.74, 6) is -2.24. The van der Waals surface area contributed by atoms with E-state index in [-0.39, 0.29) is 32.2 Å². The van der Waals surface area contributed by atoms with Crippen LogP contribution in [0.25, 0.3) is 0 Å². The van der Waals surface area contributed by atoms with Crippen molar-refractivity contribution in [3.63, 3.8) is 0 Å².